The highest BCUT2D eigenvalue weighted by atomic mass is 31.2. The molecule has 0 aromatic heterocycles. The maximum Gasteiger partial charge on any atom is 0.363 e. The molecular formula is C17H15N2O5P. The number of hydrogen-bond acceptors (Lipinski definition) is 6. The lowest BCUT2D eigenvalue weighted by Gasteiger charge is -2.14. The number of carbonyl (C=O) groups excluding carboxylic acids is 3. The van der Waals surface area contributed by atoms with Crippen LogP contribution in [0, 0.1) is 24.4 Å². The Labute approximate surface area is 146 Å². The summed E-state index contributed by atoms with van der Waals surface area (Å²) in [5, 5.41) is 3.51. The van der Waals surface area contributed by atoms with Crippen molar-refractivity contribution in [2.75, 3.05) is 11.7 Å². The predicted molar refractivity (Wildman–Crippen MR) is 91.7 cm³/mol. The molecule has 0 aliphatic carbocycles. The molecular weight excluding hydrogens is 343 g/mol. The van der Waals surface area contributed by atoms with Crippen molar-refractivity contribution < 1.29 is 23.7 Å². The lowest BCUT2D eigenvalue weighted by atomic mass is 10.2. The normalized spacial score (nSPS) is 14.6. The Balaban J connectivity index is 1.93. The zero-order valence-corrected chi connectivity index (χ0v) is 14.1. The van der Waals surface area contributed by atoms with Crippen molar-refractivity contribution in [2.45, 2.75) is 19.3 Å². The molecule has 0 bridgehead atoms. The van der Waals surface area contributed by atoms with Gasteiger partial charge in [-0.25, -0.2) is 4.79 Å². The van der Waals surface area contributed by atoms with Crippen LogP contribution in [0.15, 0.2) is 24.3 Å². The molecule has 128 valence electrons. The third-order valence-electron chi connectivity index (χ3n) is 3.12. The second-order valence-corrected chi connectivity index (χ2v) is 6.19. The van der Waals surface area contributed by atoms with Crippen molar-refractivity contribution in [1.29, 1.82) is 0 Å². The SMILES string of the molecule is C#CCCOP(C#C)Nc1ccc(C(=O)ON2C(=O)CCC2=O)cc1. The highest BCUT2D eigenvalue weighted by Gasteiger charge is 2.33. The summed E-state index contributed by atoms with van der Waals surface area (Å²) >= 11 is 0. The molecule has 7 nitrogen and oxygen atoms in total. The summed E-state index contributed by atoms with van der Waals surface area (Å²) in [6, 6.07) is 6.20. The van der Waals surface area contributed by atoms with Crippen LogP contribution in [0.1, 0.15) is 29.6 Å². The molecule has 1 heterocycles. The van der Waals surface area contributed by atoms with Crippen LogP contribution in [0.25, 0.3) is 0 Å². The van der Waals surface area contributed by atoms with Crippen molar-refractivity contribution in [2.24, 2.45) is 0 Å². The third-order valence-corrected chi connectivity index (χ3v) is 4.25. The molecule has 1 atom stereocenters. The molecule has 1 unspecified atom stereocenters. The monoisotopic (exact) mass is 358 g/mol. The molecule has 1 fully saturated rings. The van der Waals surface area contributed by atoms with E-state index in [0.29, 0.717) is 23.8 Å². The minimum absolute atomic E-state index is 0.0459. The lowest BCUT2D eigenvalue weighted by molar-refractivity contribution is -0.172. The first-order valence-corrected chi connectivity index (χ1v) is 8.58. The number of amides is 2. The van der Waals surface area contributed by atoms with Gasteiger partial charge in [0.1, 0.15) is 0 Å². The van der Waals surface area contributed by atoms with E-state index in [2.05, 4.69) is 16.7 Å². The number of rotatable bonds is 7. The molecule has 1 N–H and O–H groups in total. The van der Waals surface area contributed by atoms with E-state index < -0.39 is 26.1 Å². The number of terminal acetylenes is 2. The fourth-order valence-electron chi connectivity index (χ4n) is 1.89. The molecule has 1 saturated heterocycles. The maximum absolute atomic E-state index is 12.0. The van der Waals surface area contributed by atoms with E-state index in [1.165, 1.54) is 12.1 Å². The van der Waals surface area contributed by atoms with Crippen LogP contribution in [0.2, 0.25) is 0 Å². The summed E-state index contributed by atoms with van der Waals surface area (Å²) in [7, 11) is -1.33. The number of nitrogens with one attached hydrogen (secondary N) is 1. The Morgan fingerprint density at radius 1 is 1.20 bits per heavy atom. The van der Waals surface area contributed by atoms with Gasteiger partial charge in [-0.15, -0.1) is 23.8 Å². The van der Waals surface area contributed by atoms with E-state index in [9.17, 15) is 14.4 Å². The number of anilines is 1. The first-order chi connectivity index (χ1) is 12.0. The van der Waals surface area contributed by atoms with Crippen molar-refractivity contribution in [1.82, 2.24) is 5.06 Å². The number of carbonyl (C=O) groups is 3. The maximum atomic E-state index is 12.0. The summed E-state index contributed by atoms with van der Waals surface area (Å²) in [5.74, 6) is 0.606. The molecule has 8 heteroatoms. The van der Waals surface area contributed by atoms with Crippen molar-refractivity contribution in [3.8, 4) is 24.4 Å². The second-order valence-electron chi connectivity index (χ2n) is 4.86. The van der Waals surface area contributed by atoms with E-state index in [1.54, 1.807) is 12.1 Å². The molecule has 2 rings (SSSR count). The van der Waals surface area contributed by atoms with E-state index in [4.69, 9.17) is 22.2 Å². The van der Waals surface area contributed by atoms with Crippen LogP contribution in [0.4, 0.5) is 5.69 Å². The number of hydroxylamine groups is 2. The quantitative estimate of drug-likeness (QED) is 0.348. The van der Waals surface area contributed by atoms with Gasteiger partial charge < -0.3 is 14.4 Å². The molecule has 0 radical (unpaired) electrons. The van der Waals surface area contributed by atoms with Gasteiger partial charge in [-0.05, 0) is 29.9 Å². The highest BCUT2D eigenvalue weighted by Crippen LogP contribution is 2.35. The topological polar surface area (TPSA) is 84.9 Å². The third kappa shape index (κ3) is 5.06. The first-order valence-electron chi connectivity index (χ1n) is 7.32. The fourth-order valence-corrected chi connectivity index (χ4v) is 2.75. The van der Waals surface area contributed by atoms with Gasteiger partial charge in [0.05, 0.1) is 12.2 Å². The Morgan fingerprint density at radius 3 is 2.40 bits per heavy atom. The Kier molecular flexibility index (Phi) is 6.54. The molecule has 0 saturated carbocycles. The van der Waals surface area contributed by atoms with E-state index >= 15 is 0 Å². The standard InChI is InChI=1S/C17H15N2O5P/c1-3-5-12-23-25(4-2)18-14-8-6-13(7-9-14)17(22)24-19-15(20)10-11-16(19)21/h1-2,6-9,18H,5,10-12H2. The summed E-state index contributed by atoms with van der Waals surface area (Å²) in [4.78, 5) is 39.7. The summed E-state index contributed by atoms with van der Waals surface area (Å²) in [6.45, 7) is 0.349. The van der Waals surface area contributed by atoms with E-state index in [-0.39, 0.29) is 18.4 Å². The zero-order chi connectivity index (χ0) is 18.2. The Morgan fingerprint density at radius 2 is 1.84 bits per heavy atom. The van der Waals surface area contributed by atoms with E-state index in [0.717, 1.165) is 0 Å². The van der Waals surface area contributed by atoms with Gasteiger partial charge in [0.15, 0.2) is 0 Å². The van der Waals surface area contributed by atoms with E-state index in [1.807, 2.05) is 0 Å². The van der Waals surface area contributed by atoms with Crippen LogP contribution >= 0.6 is 8.30 Å². The average molecular weight is 358 g/mol. The van der Waals surface area contributed by atoms with Crippen LogP contribution in [-0.4, -0.2) is 29.5 Å². The molecule has 2 amide bonds. The highest BCUT2D eigenvalue weighted by molar-refractivity contribution is 7.59. The van der Waals surface area contributed by atoms with Crippen molar-refractivity contribution in [3.63, 3.8) is 0 Å². The smallest absolute Gasteiger partial charge is 0.332 e. The second kappa shape index (κ2) is 8.84. The summed E-state index contributed by atoms with van der Waals surface area (Å²) in [5.41, 5.74) is 3.33. The Bertz CT molecular complexity index is 732. The molecule has 25 heavy (non-hydrogen) atoms. The average Bonchev–Trinajstić information content (AvgIpc) is 2.93. The largest absolute Gasteiger partial charge is 0.363 e. The van der Waals surface area contributed by atoms with Crippen LogP contribution in [0.5, 0.6) is 0 Å². The Hall–Kier alpha value is -2.86. The lowest BCUT2D eigenvalue weighted by Crippen LogP contribution is -2.32. The van der Waals surface area contributed by atoms with Crippen molar-refractivity contribution >= 4 is 31.8 Å². The van der Waals surface area contributed by atoms with Gasteiger partial charge in [0.2, 0.25) is 8.30 Å². The molecule has 1 aliphatic rings. The summed E-state index contributed by atoms with van der Waals surface area (Å²) < 4.78 is 5.43. The summed E-state index contributed by atoms with van der Waals surface area (Å²) in [6.07, 6.45) is 11.1. The van der Waals surface area contributed by atoms with Crippen LogP contribution < -0.4 is 5.09 Å². The van der Waals surface area contributed by atoms with Crippen molar-refractivity contribution in [3.05, 3.63) is 29.8 Å². The van der Waals surface area contributed by atoms with Crippen LogP contribution in [-0.2, 0) is 19.0 Å². The minimum atomic E-state index is -1.33. The van der Waals surface area contributed by atoms with Crippen LogP contribution in [0.3, 0.4) is 0 Å². The van der Waals surface area contributed by atoms with Gasteiger partial charge in [-0.2, -0.15) is 0 Å². The number of nitrogens with zero attached hydrogens (tertiary/aromatic N) is 1. The molecule has 1 aliphatic heterocycles. The predicted octanol–water partition coefficient (Wildman–Crippen LogP) is 2.26. The van der Waals surface area contributed by atoms with Gasteiger partial charge in [-0.1, -0.05) is 0 Å². The number of imide groups is 1. The fraction of sp³-hybridized carbons (Fsp3) is 0.235. The molecule has 0 spiro atoms. The van der Waals surface area contributed by atoms with Gasteiger partial charge >= 0.3 is 5.97 Å². The number of benzene rings is 1. The molecule has 1 aromatic rings. The minimum Gasteiger partial charge on any atom is -0.332 e. The van der Waals surface area contributed by atoms with Gasteiger partial charge in [-0.3, -0.25) is 9.59 Å². The van der Waals surface area contributed by atoms with Gasteiger partial charge in [0, 0.05) is 24.9 Å². The van der Waals surface area contributed by atoms with Gasteiger partial charge in [0.25, 0.3) is 11.8 Å². The number of hydrogen-bond donors (Lipinski definition) is 1. The zero-order valence-electron chi connectivity index (χ0n) is 13.2. The molecule has 1 aromatic carbocycles. The first kappa shape index (κ1) is 18.5.